The molecule has 1 aliphatic heterocycles. The predicted molar refractivity (Wildman–Crippen MR) is 41.3 cm³/mol. The molecule has 0 spiro atoms. The van der Waals surface area contributed by atoms with E-state index in [-0.39, 0.29) is 0 Å². The summed E-state index contributed by atoms with van der Waals surface area (Å²) in [5.74, 6) is 0. The van der Waals surface area contributed by atoms with Crippen molar-refractivity contribution in [1.29, 1.82) is 0 Å². The Bertz CT molecular complexity index is 263. The van der Waals surface area contributed by atoms with Gasteiger partial charge in [0.1, 0.15) is 0 Å². The fraction of sp³-hybridized carbons (Fsp3) is 0.111. The van der Waals surface area contributed by atoms with Crippen LogP contribution in [0, 0.1) is 0 Å². The van der Waals surface area contributed by atoms with Crippen LogP contribution in [-0.4, -0.2) is 0 Å². The van der Waals surface area contributed by atoms with Gasteiger partial charge in [0.05, 0.1) is 6.54 Å². The highest BCUT2D eigenvalue weighted by molar-refractivity contribution is 5.55. The van der Waals surface area contributed by atoms with Crippen LogP contribution in [0.1, 0.15) is 11.1 Å². The maximum Gasteiger partial charge on any atom is 0.0645 e. The second kappa shape index (κ2) is 2.18. The van der Waals surface area contributed by atoms with Crippen molar-refractivity contribution in [3.63, 3.8) is 0 Å². The van der Waals surface area contributed by atoms with E-state index in [0.717, 1.165) is 6.54 Å². The Hall–Kier alpha value is -1.24. The van der Waals surface area contributed by atoms with Crippen LogP contribution in [0.2, 0.25) is 0 Å². The van der Waals surface area contributed by atoms with Crippen molar-refractivity contribution in [1.82, 2.24) is 5.32 Å². The number of rotatable bonds is 0. The van der Waals surface area contributed by atoms with E-state index in [1.54, 1.807) is 0 Å². The first-order chi connectivity index (χ1) is 4.97. The fourth-order valence-corrected chi connectivity index (χ4v) is 1.12. The zero-order valence-corrected chi connectivity index (χ0v) is 5.62. The van der Waals surface area contributed by atoms with Gasteiger partial charge in [-0.3, -0.25) is 5.32 Å². The van der Waals surface area contributed by atoms with Crippen LogP contribution in [-0.2, 0) is 6.54 Å². The maximum atomic E-state index is 4.14. The average Bonchev–Trinajstić information content (AvgIpc) is 2.05. The molecule has 0 amide bonds. The van der Waals surface area contributed by atoms with Crippen LogP contribution in [0.4, 0.5) is 0 Å². The van der Waals surface area contributed by atoms with E-state index in [0.29, 0.717) is 0 Å². The lowest BCUT2D eigenvalue weighted by Gasteiger charge is -2.08. The number of fused-ring (bicyclic) bond motifs is 1. The molecule has 1 aromatic rings. The highest BCUT2D eigenvalue weighted by Gasteiger charge is 2.00. The number of benzene rings is 1. The summed E-state index contributed by atoms with van der Waals surface area (Å²) in [5, 5.41) is 4.14. The number of hydrogen-bond donors (Lipinski definition) is 0. The Morgan fingerprint density at radius 3 is 3.00 bits per heavy atom. The van der Waals surface area contributed by atoms with Crippen molar-refractivity contribution >= 4 is 6.08 Å². The first-order valence-electron chi connectivity index (χ1n) is 3.38. The first kappa shape index (κ1) is 5.54. The maximum absolute atomic E-state index is 4.14. The van der Waals surface area contributed by atoms with Gasteiger partial charge < -0.3 is 0 Å². The molecule has 1 radical (unpaired) electrons. The van der Waals surface area contributed by atoms with Crippen molar-refractivity contribution < 1.29 is 0 Å². The summed E-state index contributed by atoms with van der Waals surface area (Å²) >= 11 is 0. The molecule has 2 rings (SSSR count). The molecule has 1 aromatic carbocycles. The monoisotopic (exact) mass is 130 g/mol. The quantitative estimate of drug-likeness (QED) is 0.508. The third kappa shape index (κ3) is 0.798. The van der Waals surface area contributed by atoms with Gasteiger partial charge in [0.2, 0.25) is 0 Å². The molecule has 0 aromatic heterocycles. The van der Waals surface area contributed by atoms with E-state index in [9.17, 15) is 0 Å². The van der Waals surface area contributed by atoms with Gasteiger partial charge in [-0.25, -0.2) is 0 Å². The van der Waals surface area contributed by atoms with Crippen molar-refractivity contribution in [2.45, 2.75) is 6.54 Å². The molecule has 0 N–H and O–H groups in total. The molecule has 0 aliphatic carbocycles. The van der Waals surface area contributed by atoms with Crippen LogP contribution >= 0.6 is 0 Å². The molecular weight excluding hydrogens is 122 g/mol. The van der Waals surface area contributed by atoms with Crippen molar-refractivity contribution in [2.24, 2.45) is 0 Å². The Labute approximate surface area is 60.4 Å². The zero-order valence-electron chi connectivity index (χ0n) is 5.62. The summed E-state index contributed by atoms with van der Waals surface area (Å²) in [7, 11) is 0. The van der Waals surface area contributed by atoms with E-state index >= 15 is 0 Å². The molecule has 0 bridgehead atoms. The summed E-state index contributed by atoms with van der Waals surface area (Å²) in [4.78, 5) is 0. The van der Waals surface area contributed by atoms with E-state index < -0.39 is 0 Å². The number of hydrogen-bond acceptors (Lipinski definition) is 0. The molecule has 0 saturated heterocycles. The molecule has 0 unspecified atom stereocenters. The third-order valence-electron chi connectivity index (χ3n) is 1.68. The van der Waals surface area contributed by atoms with Gasteiger partial charge in [0.15, 0.2) is 0 Å². The molecule has 1 aliphatic rings. The molecule has 1 heteroatoms. The van der Waals surface area contributed by atoms with Crippen molar-refractivity contribution in [3.05, 3.63) is 41.6 Å². The van der Waals surface area contributed by atoms with E-state index in [1.807, 2.05) is 18.3 Å². The van der Waals surface area contributed by atoms with Crippen LogP contribution < -0.4 is 5.32 Å². The van der Waals surface area contributed by atoms with E-state index in [4.69, 9.17) is 0 Å². The van der Waals surface area contributed by atoms with Crippen LogP contribution in [0.5, 0.6) is 0 Å². The van der Waals surface area contributed by atoms with Gasteiger partial charge >= 0.3 is 0 Å². The first-order valence-corrected chi connectivity index (χ1v) is 3.38. The van der Waals surface area contributed by atoms with Gasteiger partial charge in [-0.05, 0) is 17.2 Å². The zero-order chi connectivity index (χ0) is 6.81. The topological polar surface area (TPSA) is 14.1 Å². The second-order valence-corrected chi connectivity index (χ2v) is 2.36. The highest BCUT2D eigenvalue weighted by Crippen LogP contribution is 2.13. The van der Waals surface area contributed by atoms with Crippen LogP contribution in [0.25, 0.3) is 6.08 Å². The predicted octanol–water partition coefficient (Wildman–Crippen LogP) is 1.78. The van der Waals surface area contributed by atoms with Crippen LogP contribution in [0.15, 0.2) is 30.5 Å². The SMILES string of the molecule is C1=Cc2ccccc2C[N]1. The molecule has 0 saturated carbocycles. The lowest BCUT2D eigenvalue weighted by molar-refractivity contribution is 0.842. The fourth-order valence-electron chi connectivity index (χ4n) is 1.12. The lowest BCUT2D eigenvalue weighted by Crippen LogP contribution is -2.02. The molecule has 10 heavy (non-hydrogen) atoms. The lowest BCUT2D eigenvalue weighted by atomic mass is 10.1. The Morgan fingerprint density at radius 1 is 1.20 bits per heavy atom. The molecule has 1 heterocycles. The molecule has 49 valence electrons. The molecular formula is C9H8N. The van der Waals surface area contributed by atoms with Gasteiger partial charge in [0.25, 0.3) is 0 Å². The van der Waals surface area contributed by atoms with Gasteiger partial charge in [0, 0.05) is 6.20 Å². The highest BCUT2D eigenvalue weighted by atomic mass is 14.8. The Balaban J connectivity index is 2.54. The van der Waals surface area contributed by atoms with Gasteiger partial charge in [-0.1, -0.05) is 24.3 Å². The van der Waals surface area contributed by atoms with E-state index in [2.05, 4.69) is 23.5 Å². The normalized spacial score (nSPS) is 14.0. The smallest absolute Gasteiger partial charge is 0.0645 e. The minimum absolute atomic E-state index is 0.840. The summed E-state index contributed by atoms with van der Waals surface area (Å²) in [6, 6.07) is 8.32. The summed E-state index contributed by atoms with van der Waals surface area (Å²) in [6.45, 7) is 0.840. The van der Waals surface area contributed by atoms with Crippen molar-refractivity contribution in [2.75, 3.05) is 0 Å². The summed E-state index contributed by atoms with van der Waals surface area (Å²) in [6.07, 6.45) is 3.90. The van der Waals surface area contributed by atoms with Gasteiger partial charge in [-0.2, -0.15) is 0 Å². The average molecular weight is 130 g/mol. The Morgan fingerprint density at radius 2 is 2.10 bits per heavy atom. The largest absolute Gasteiger partial charge is 0.288 e. The molecule has 0 atom stereocenters. The Kier molecular flexibility index (Phi) is 1.21. The minimum atomic E-state index is 0.840. The molecule has 1 nitrogen and oxygen atoms in total. The summed E-state index contributed by atoms with van der Waals surface area (Å²) < 4.78 is 0. The number of nitrogens with zero attached hydrogens (tertiary/aromatic N) is 1. The minimum Gasteiger partial charge on any atom is -0.288 e. The van der Waals surface area contributed by atoms with Gasteiger partial charge in [-0.15, -0.1) is 0 Å². The standard InChI is InChI=1S/C9H8N/c1-2-4-9-7-10-6-5-8(9)3-1/h1-6H,7H2. The van der Waals surface area contributed by atoms with Crippen LogP contribution in [0.3, 0.4) is 0 Å². The summed E-state index contributed by atoms with van der Waals surface area (Å²) in [5.41, 5.74) is 2.63. The second-order valence-electron chi connectivity index (χ2n) is 2.36. The van der Waals surface area contributed by atoms with Crippen molar-refractivity contribution in [3.8, 4) is 0 Å². The van der Waals surface area contributed by atoms with E-state index in [1.165, 1.54) is 11.1 Å². The molecule has 0 fully saturated rings. The third-order valence-corrected chi connectivity index (χ3v) is 1.68.